The lowest BCUT2D eigenvalue weighted by Crippen LogP contribution is -2.17. The topological polar surface area (TPSA) is 69.6 Å². The normalized spacial score (nSPS) is 10.3. The zero-order valence-corrected chi connectivity index (χ0v) is 19.4. The van der Waals surface area contributed by atoms with Crippen LogP contribution < -0.4 is 9.84 Å². The Morgan fingerprint density at radius 2 is 1.19 bits per heavy atom. The summed E-state index contributed by atoms with van der Waals surface area (Å²) in [6, 6.07) is 30.2. The van der Waals surface area contributed by atoms with Crippen LogP contribution in [0.1, 0.15) is 45.4 Å². The molecule has 5 heteroatoms. The van der Waals surface area contributed by atoms with Crippen molar-refractivity contribution in [2.24, 2.45) is 0 Å². The molecule has 3 rings (SSSR count). The first-order chi connectivity index (χ1) is 15.6. The highest BCUT2D eigenvalue weighted by atomic mass is 32.2. The standard InChI is InChI=1S/C26H31OS.CH2O3/c1-2-3-4-5-6-13-22-27-23-18-20-26(21-19-23)28(24-14-9-7-10-15-24)25-16-11-8-12-17-25;2-1(3)4/h7-12,14-21H,2-6,13,22H2,1H3;(H2,2,3,4)/q+1;/p-1. The lowest BCUT2D eigenvalue weighted by atomic mass is 10.1. The molecule has 0 heterocycles. The molecule has 0 aliphatic rings. The van der Waals surface area contributed by atoms with E-state index in [-0.39, 0.29) is 10.9 Å². The minimum atomic E-state index is -2.08. The van der Waals surface area contributed by atoms with Gasteiger partial charge in [0, 0.05) is 0 Å². The molecular formula is C27H32O4S. The molecule has 3 aromatic carbocycles. The fraction of sp³-hybridized carbons (Fsp3) is 0.296. The molecule has 0 bridgehead atoms. The van der Waals surface area contributed by atoms with Crippen molar-refractivity contribution in [3.8, 4) is 5.75 Å². The van der Waals surface area contributed by atoms with Crippen molar-refractivity contribution in [2.75, 3.05) is 6.61 Å². The fourth-order valence-corrected chi connectivity index (χ4v) is 5.35. The summed E-state index contributed by atoms with van der Waals surface area (Å²) in [5, 5.41) is 15.3. The zero-order chi connectivity index (χ0) is 23.0. The number of hydrogen-bond acceptors (Lipinski definition) is 3. The summed E-state index contributed by atoms with van der Waals surface area (Å²) in [5.41, 5.74) is 0. The fourth-order valence-electron chi connectivity index (χ4n) is 3.27. The van der Waals surface area contributed by atoms with Crippen molar-refractivity contribution in [1.29, 1.82) is 0 Å². The van der Waals surface area contributed by atoms with E-state index in [0.717, 1.165) is 18.8 Å². The number of rotatable bonds is 11. The average Bonchev–Trinajstić information content (AvgIpc) is 2.81. The third kappa shape index (κ3) is 9.48. The number of unbranched alkanes of at least 4 members (excludes halogenated alkanes) is 5. The van der Waals surface area contributed by atoms with E-state index in [4.69, 9.17) is 19.7 Å². The van der Waals surface area contributed by atoms with Gasteiger partial charge in [0.05, 0.1) is 17.5 Å². The Hall–Kier alpha value is -2.92. The first-order valence-corrected chi connectivity index (χ1v) is 12.3. The molecule has 170 valence electrons. The molecule has 0 spiro atoms. The summed E-state index contributed by atoms with van der Waals surface area (Å²) in [7, 11) is -0.0906. The van der Waals surface area contributed by atoms with Crippen LogP contribution >= 0.6 is 0 Å². The van der Waals surface area contributed by atoms with Crippen molar-refractivity contribution in [3.05, 3.63) is 84.9 Å². The van der Waals surface area contributed by atoms with Gasteiger partial charge in [0.25, 0.3) is 0 Å². The third-order valence-corrected chi connectivity index (χ3v) is 7.01. The van der Waals surface area contributed by atoms with Crippen LogP contribution in [-0.2, 0) is 10.9 Å². The van der Waals surface area contributed by atoms with E-state index in [1.54, 1.807) is 0 Å². The Labute approximate surface area is 194 Å². The van der Waals surface area contributed by atoms with Gasteiger partial charge in [0.2, 0.25) is 6.16 Å². The summed E-state index contributed by atoms with van der Waals surface area (Å²) in [6.45, 7) is 3.07. The molecule has 0 amide bonds. The predicted molar refractivity (Wildman–Crippen MR) is 128 cm³/mol. The van der Waals surface area contributed by atoms with E-state index in [0.29, 0.717) is 0 Å². The van der Waals surface area contributed by atoms with E-state index in [9.17, 15) is 0 Å². The van der Waals surface area contributed by atoms with E-state index >= 15 is 0 Å². The Kier molecular flexibility index (Phi) is 11.9. The van der Waals surface area contributed by atoms with E-state index in [1.807, 2.05) is 0 Å². The van der Waals surface area contributed by atoms with Crippen LogP contribution in [0.15, 0.2) is 99.6 Å². The molecule has 0 radical (unpaired) electrons. The quantitative estimate of drug-likeness (QED) is 0.270. The molecule has 0 aliphatic carbocycles. The summed E-state index contributed by atoms with van der Waals surface area (Å²) >= 11 is 0. The second-order valence-corrected chi connectivity index (χ2v) is 9.31. The monoisotopic (exact) mass is 452 g/mol. The summed E-state index contributed by atoms with van der Waals surface area (Å²) in [5.74, 6) is 0.974. The summed E-state index contributed by atoms with van der Waals surface area (Å²) in [6.07, 6.45) is 5.66. The van der Waals surface area contributed by atoms with Crippen LogP contribution in [0.4, 0.5) is 4.79 Å². The van der Waals surface area contributed by atoms with Gasteiger partial charge in [-0.25, -0.2) is 0 Å². The molecule has 0 saturated carbocycles. The second kappa shape index (κ2) is 15.0. The average molecular weight is 453 g/mol. The third-order valence-electron chi connectivity index (χ3n) is 4.78. The maximum atomic E-state index is 8.44. The number of carboxylic acid groups (broad SMARTS) is 2. The van der Waals surface area contributed by atoms with E-state index < -0.39 is 6.16 Å². The van der Waals surface area contributed by atoms with Crippen molar-refractivity contribution >= 4 is 17.1 Å². The zero-order valence-electron chi connectivity index (χ0n) is 18.6. The smallest absolute Gasteiger partial charge is 0.249 e. The molecule has 0 saturated heterocycles. The van der Waals surface area contributed by atoms with Crippen molar-refractivity contribution in [3.63, 3.8) is 0 Å². The molecule has 0 aliphatic heterocycles. The largest absolute Gasteiger partial charge is 0.565 e. The van der Waals surface area contributed by atoms with Gasteiger partial charge in [-0.1, -0.05) is 75.4 Å². The van der Waals surface area contributed by atoms with Gasteiger partial charge in [-0.3, -0.25) is 0 Å². The molecule has 0 atom stereocenters. The highest BCUT2D eigenvalue weighted by Gasteiger charge is 2.28. The van der Waals surface area contributed by atoms with Crippen molar-refractivity contribution in [1.82, 2.24) is 0 Å². The maximum Gasteiger partial charge on any atom is 0.249 e. The highest BCUT2D eigenvalue weighted by Crippen LogP contribution is 2.31. The minimum Gasteiger partial charge on any atom is -0.565 e. The predicted octanol–water partition coefficient (Wildman–Crippen LogP) is 6.41. The van der Waals surface area contributed by atoms with Crippen LogP contribution in [0.3, 0.4) is 0 Å². The highest BCUT2D eigenvalue weighted by molar-refractivity contribution is 7.97. The Bertz CT molecular complexity index is 839. The van der Waals surface area contributed by atoms with Gasteiger partial charge in [-0.2, -0.15) is 0 Å². The van der Waals surface area contributed by atoms with Crippen LogP contribution in [-0.4, -0.2) is 17.9 Å². The maximum absolute atomic E-state index is 8.44. The van der Waals surface area contributed by atoms with Gasteiger partial charge < -0.3 is 19.7 Å². The molecule has 1 N–H and O–H groups in total. The van der Waals surface area contributed by atoms with Crippen LogP contribution in [0, 0.1) is 0 Å². The SMILES string of the molecule is CCCCCCCCOc1ccc([S+](c2ccccc2)c2ccccc2)cc1.O=C([O-])O. The number of benzene rings is 3. The van der Waals surface area contributed by atoms with E-state index in [1.165, 1.54) is 46.8 Å². The molecule has 32 heavy (non-hydrogen) atoms. The molecule has 0 aromatic heterocycles. The molecule has 0 fully saturated rings. The summed E-state index contributed by atoms with van der Waals surface area (Å²) < 4.78 is 5.96. The lowest BCUT2D eigenvalue weighted by molar-refractivity contribution is -0.275. The van der Waals surface area contributed by atoms with Gasteiger partial charge >= 0.3 is 0 Å². The van der Waals surface area contributed by atoms with Crippen LogP contribution in [0.25, 0.3) is 0 Å². The van der Waals surface area contributed by atoms with Gasteiger partial charge in [0.15, 0.2) is 14.7 Å². The molecule has 4 nitrogen and oxygen atoms in total. The second-order valence-electron chi connectivity index (χ2n) is 7.29. The summed E-state index contributed by atoms with van der Waals surface area (Å²) in [4.78, 5) is 12.5. The van der Waals surface area contributed by atoms with Gasteiger partial charge in [0.1, 0.15) is 5.75 Å². The van der Waals surface area contributed by atoms with E-state index in [2.05, 4.69) is 91.9 Å². The van der Waals surface area contributed by atoms with Crippen LogP contribution in [0.5, 0.6) is 5.75 Å². The molecular weight excluding hydrogens is 420 g/mol. The van der Waals surface area contributed by atoms with Crippen LogP contribution in [0.2, 0.25) is 0 Å². The number of hydrogen-bond donors (Lipinski definition) is 1. The minimum absolute atomic E-state index is 0.0906. The first-order valence-electron chi connectivity index (χ1n) is 11.1. The van der Waals surface area contributed by atoms with Gasteiger partial charge in [-0.05, 0) is 55.0 Å². The molecule has 3 aromatic rings. The number of carbonyl (C=O) groups is 1. The Balaban J connectivity index is 0.000000837. The van der Waals surface area contributed by atoms with Crippen molar-refractivity contribution < 1.29 is 19.7 Å². The van der Waals surface area contributed by atoms with Crippen molar-refractivity contribution in [2.45, 2.75) is 60.1 Å². The lowest BCUT2D eigenvalue weighted by Gasteiger charge is -2.09. The number of ether oxygens (including phenoxy) is 1. The molecule has 0 unspecified atom stereocenters. The Morgan fingerprint density at radius 3 is 1.69 bits per heavy atom. The van der Waals surface area contributed by atoms with Gasteiger partial charge in [-0.15, -0.1) is 0 Å². The Morgan fingerprint density at radius 1 is 0.750 bits per heavy atom. The first kappa shape index (κ1) is 25.3.